The molecule has 0 atom stereocenters. The van der Waals surface area contributed by atoms with Crippen molar-refractivity contribution < 1.29 is 4.74 Å². The topological polar surface area (TPSA) is 80.8 Å². The Morgan fingerprint density at radius 3 is 2.61 bits per heavy atom. The van der Waals surface area contributed by atoms with Gasteiger partial charge in [-0.15, -0.1) is 11.8 Å². The lowest BCUT2D eigenvalue weighted by Crippen LogP contribution is -2.14. The molecule has 0 spiro atoms. The Hall–Kier alpha value is -3.19. The van der Waals surface area contributed by atoms with Gasteiger partial charge >= 0.3 is 0 Å². The molecule has 7 heteroatoms. The first-order chi connectivity index (χ1) is 15.0. The number of aryl methyl sites for hydroxylation is 2. The van der Waals surface area contributed by atoms with Crippen LogP contribution in [0.25, 0.3) is 10.9 Å². The maximum Gasteiger partial charge on any atom is 0.251 e. The molecule has 2 aromatic carbocycles. The van der Waals surface area contributed by atoms with E-state index in [1.165, 1.54) is 5.56 Å². The molecule has 31 heavy (non-hydrogen) atoms. The van der Waals surface area contributed by atoms with Gasteiger partial charge in [0.1, 0.15) is 22.9 Å². The first kappa shape index (κ1) is 21.1. The zero-order valence-electron chi connectivity index (χ0n) is 17.8. The lowest BCUT2D eigenvalue weighted by molar-refractivity contribution is 0.343. The second-order valence-electron chi connectivity index (χ2n) is 7.27. The van der Waals surface area contributed by atoms with E-state index in [2.05, 4.69) is 46.1 Å². The second kappa shape index (κ2) is 9.31. The molecule has 4 rings (SSSR count). The summed E-state index contributed by atoms with van der Waals surface area (Å²) in [7, 11) is 0. The van der Waals surface area contributed by atoms with Gasteiger partial charge in [0.2, 0.25) is 0 Å². The average Bonchev–Trinajstić information content (AvgIpc) is 2.74. The third-order valence-corrected chi connectivity index (χ3v) is 5.85. The van der Waals surface area contributed by atoms with Gasteiger partial charge < -0.3 is 9.72 Å². The predicted octanol–water partition coefficient (Wildman–Crippen LogP) is 4.61. The van der Waals surface area contributed by atoms with Crippen LogP contribution in [0.2, 0.25) is 0 Å². The molecule has 0 fully saturated rings. The highest BCUT2D eigenvalue weighted by molar-refractivity contribution is 7.98. The number of rotatable bonds is 7. The van der Waals surface area contributed by atoms with Gasteiger partial charge in [-0.3, -0.25) is 4.79 Å². The van der Waals surface area contributed by atoms with Gasteiger partial charge in [0.15, 0.2) is 0 Å². The van der Waals surface area contributed by atoms with Crippen LogP contribution in [0.5, 0.6) is 5.75 Å². The highest BCUT2D eigenvalue weighted by atomic mass is 32.2. The molecule has 0 unspecified atom stereocenters. The van der Waals surface area contributed by atoms with Gasteiger partial charge in [0.05, 0.1) is 18.7 Å². The molecule has 0 aliphatic heterocycles. The number of benzene rings is 2. The van der Waals surface area contributed by atoms with Crippen molar-refractivity contribution >= 4 is 22.7 Å². The van der Waals surface area contributed by atoms with E-state index < -0.39 is 0 Å². The molecule has 2 heterocycles. The van der Waals surface area contributed by atoms with Crippen LogP contribution in [-0.4, -0.2) is 26.5 Å². The lowest BCUT2D eigenvalue weighted by atomic mass is 10.1. The summed E-state index contributed by atoms with van der Waals surface area (Å²) in [5.74, 6) is 2.51. The third kappa shape index (κ3) is 5.11. The van der Waals surface area contributed by atoms with Gasteiger partial charge in [-0.1, -0.05) is 29.8 Å². The number of thioether (sulfide) groups is 1. The van der Waals surface area contributed by atoms with Crippen LogP contribution in [0.4, 0.5) is 0 Å². The van der Waals surface area contributed by atoms with Gasteiger partial charge in [0.25, 0.3) is 5.56 Å². The lowest BCUT2D eigenvalue weighted by Gasteiger charge is -2.10. The summed E-state index contributed by atoms with van der Waals surface area (Å²) in [6.45, 7) is 6.52. The minimum atomic E-state index is -0.169. The Bertz CT molecular complexity index is 1270. The Balaban J connectivity index is 1.59. The molecule has 0 saturated carbocycles. The molecular formula is C24H24N4O2S. The molecule has 0 aliphatic carbocycles. The van der Waals surface area contributed by atoms with E-state index in [0.29, 0.717) is 30.4 Å². The maximum atomic E-state index is 12.2. The standard InChI is InChI=1S/C24H24N4O2S/c1-4-30-20-7-5-6-19-16(3)25-21(28-24(19)20)13-22-26-17(12-23(29)27-22)14-31-18-10-8-15(2)9-11-18/h5-12H,4,13-14H2,1-3H3,(H,26,27,29). The fraction of sp³-hybridized carbons (Fsp3) is 0.250. The van der Waals surface area contributed by atoms with Gasteiger partial charge in [-0.25, -0.2) is 15.0 Å². The van der Waals surface area contributed by atoms with E-state index in [-0.39, 0.29) is 5.56 Å². The number of nitrogens with one attached hydrogen (secondary N) is 1. The van der Waals surface area contributed by atoms with Crippen LogP contribution in [-0.2, 0) is 12.2 Å². The number of H-pyrrole nitrogens is 1. The molecule has 0 radical (unpaired) electrons. The summed E-state index contributed by atoms with van der Waals surface area (Å²) in [5, 5.41) is 0.958. The number of nitrogens with zero attached hydrogens (tertiary/aromatic N) is 3. The molecular weight excluding hydrogens is 408 g/mol. The van der Waals surface area contributed by atoms with Crippen molar-refractivity contribution in [3.8, 4) is 5.75 Å². The highest BCUT2D eigenvalue weighted by Crippen LogP contribution is 2.26. The third-order valence-electron chi connectivity index (χ3n) is 4.80. The fourth-order valence-electron chi connectivity index (χ4n) is 3.35. The van der Waals surface area contributed by atoms with Crippen molar-refractivity contribution in [2.45, 2.75) is 37.8 Å². The molecule has 6 nitrogen and oxygen atoms in total. The van der Waals surface area contributed by atoms with E-state index >= 15 is 0 Å². The van der Waals surface area contributed by atoms with Crippen molar-refractivity contribution in [1.82, 2.24) is 19.9 Å². The molecule has 0 saturated heterocycles. The quantitative estimate of drug-likeness (QED) is 0.430. The Morgan fingerprint density at radius 2 is 1.84 bits per heavy atom. The Morgan fingerprint density at radius 1 is 1.03 bits per heavy atom. The molecule has 2 aromatic heterocycles. The molecule has 0 bridgehead atoms. The maximum absolute atomic E-state index is 12.2. The van der Waals surface area contributed by atoms with Crippen LogP contribution < -0.4 is 10.3 Å². The van der Waals surface area contributed by atoms with Crippen LogP contribution in [0.15, 0.2) is 58.2 Å². The van der Waals surface area contributed by atoms with E-state index in [1.807, 2.05) is 32.0 Å². The van der Waals surface area contributed by atoms with Gasteiger partial charge in [-0.2, -0.15) is 0 Å². The molecule has 158 valence electrons. The van der Waals surface area contributed by atoms with E-state index in [0.717, 1.165) is 32.9 Å². The SMILES string of the molecule is CCOc1cccc2c(C)nc(Cc3nc(CSc4ccc(C)cc4)cc(=O)[nH]3)nc12. The number of para-hydroxylation sites is 1. The summed E-state index contributed by atoms with van der Waals surface area (Å²) in [6, 6.07) is 15.7. The number of hydrogen-bond donors (Lipinski definition) is 1. The van der Waals surface area contributed by atoms with E-state index in [4.69, 9.17) is 9.72 Å². The number of fused-ring (bicyclic) bond motifs is 1. The first-order valence-electron chi connectivity index (χ1n) is 10.2. The van der Waals surface area contributed by atoms with E-state index in [1.54, 1.807) is 17.8 Å². The van der Waals surface area contributed by atoms with Crippen LogP contribution in [0.3, 0.4) is 0 Å². The summed E-state index contributed by atoms with van der Waals surface area (Å²) in [4.78, 5) is 30.2. The number of aromatic nitrogens is 4. The summed E-state index contributed by atoms with van der Waals surface area (Å²) >= 11 is 1.65. The second-order valence-corrected chi connectivity index (χ2v) is 8.32. The van der Waals surface area contributed by atoms with Gasteiger partial charge in [0, 0.05) is 27.8 Å². The molecule has 0 aliphatic rings. The minimum Gasteiger partial charge on any atom is -0.492 e. The van der Waals surface area contributed by atoms with Crippen molar-refractivity contribution in [3.63, 3.8) is 0 Å². The summed E-state index contributed by atoms with van der Waals surface area (Å²) in [6.07, 6.45) is 0.343. The molecule has 4 aromatic rings. The van der Waals surface area contributed by atoms with Crippen LogP contribution in [0.1, 0.15) is 35.5 Å². The number of aromatic amines is 1. The van der Waals surface area contributed by atoms with E-state index in [9.17, 15) is 4.79 Å². The van der Waals surface area contributed by atoms with Crippen molar-refractivity contribution in [1.29, 1.82) is 0 Å². The minimum absolute atomic E-state index is 0.169. The van der Waals surface area contributed by atoms with Crippen molar-refractivity contribution in [2.24, 2.45) is 0 Å². The summed E-state index contributed by atoms with van der Waals surface area (Å²) in [5.41, 5.74) is 3.43. The average molecular weight is 433 g/mol. The largest absolute Gasteiger partial charge is 0.492 e. The zero-order chi connectivity index (χ0) is 21.8. The highest BCUT2D eigenvalue weighted by Gasteiger charge is 2.12. The smallest absolute Gasteiger partial charge is 0.251 e. The molecule has 0 amide bonds. The van der Waals surface area contributed by atoms with Crippen molar-refractivity contribution in [3.05, 3.63) is 87.5 Å². The van der Waals surface area contributed by atoms with Crippen LogP contribution in [0, 0.1) is 13.8 Å². The monoisotopic (exact) mass is 432 g/mol. The number of ether oxygens (including phenoxy) is 1. The normalized spacial score (nSPS) is 11.1. The number of hydrogen-bond acceptors (Lipinski definition) is 6. The molecule has 1 N–H and O–H groups in total. The zero-order valence-corrected chi connectivity index (χ0v) is 18.6. The van der Waals surface area contributed by atoms with Gasteiger partial charge in [-0.05, 0) is 39.0 Å². The Kier molecular flexibility index (Phi) is 6.32. The summed E-state index contributed by atoms with van der Waals surface area (Å²) < 4.78 is 5.73. The fourth-order valence-corrected chi connectivity index (χ4v) is 4.14. The van der Waals surface area contributed by atoms with Crippen molar-refractivity contribution in [2.75, 3.05) is 6.61 Å². The Labute approximate surface area is 185 Å². The first-order valence-corrected chi connectivity index (χ1v) is 11.2. The van der Waals surface area contributed by atoms with Crippen LogP contribution >= 0.6 is 11.8 Å². The predicted molar refractivity (Wildman–Crippen MR) is 124 cm³/mol.